The zero-order chi connectivity index (χ0) is 14.1. The average molecular weight is 276 g/mol. The summed E-state index contributed by atoms with van der Waals surface area (Å²) in [7, 11) is -2.55. The summed E-state index contributed by atoms with van der Waals surface area (Å²) in [5, 5.41) is 9.60. The van der Waals surface area contributed by atoms with Gasteiger partial charge >= 0.3 is 0 Å². The van der Waals surface area contributed by atoms with Gasteiger partial charge in [0.2, 0.25) is 10.0 Å². The van der Waals surface area contributed by atoms with Crippen LogP contribution in [0.3, 0.4) is 0 Å². The summed E-state index contributed by atoms with van der Waals surface area (Å²) < 4.78 is 38.3. The number of rotatable bonds is 4. The van der Waals surface area contributed by atoms with E-state index in [-0.39, 0.29) is 17.1 Å². The SMILES string of the molecule is CN(CC(C)(C)O)S(=O)(=O)c1cc(N)cc(F)c1. The Kier molecular flexibility index (Phi) is 3.99. The van der Waals surface area contributed by atoms with E-state index in [2.05, 4.69) is 0 Å². The molecule has 1 rings (SSSR count). The van der Waals surface area contributed by atoms with Gasteiger partial charge in [-0.25, -0.2) is 12.8 Å². The molecule has 0 aliphatic rings. The molecule has 18 heavy (non-hydrogen) atoms. The van der Waals surface area contributed by atoms with Crippen LogP contribution in [0.25, 0.3) is 0 Å². The van der Waals surface area contributed by atoms with Gasteiger partial charge in [-0.2, -0.15) is 4.31 Å². The Labute approximate surface area is 106 Å². The molecular weight excluding hydrogens is 259 g/mol. The fourth-order valence-corrected chi connectivity index (χ4v) is 2.94. The molecule has 0 aromatic heterocycles. The van der Waals surface area contributed by atoms with E-state index in [1.54, 1.807) is 0 Å². The second-order valence-electron chi connectivity index (χ2n) is 4.79. The third-order valence-electron chi connectivity index (χ3n) is 2.21. The highest BCUT2D eigenvalue weighted by molar-refractivity contribution is 7.89. The van der Waals surface area contributed by atoms with Crippen LogP contribution in [0.5, 0.6) is 0 Å². The molecule has 0 heterocycles. The van der Waals surface area contributed by atoms with Crippen molar-refractivity contribution < 1.29 is 17.9 Å². The Balaban J connectivity index is 3.13. The molecule has 7 heteroatoms. The molecule has 0 spiro atoms. The monoisotopic (exact) mass is 276 g/mol. The molecule has 0 saturated heterocycles. The number of halogens is 1. The lowest BCUT2D eigenvalue weighted by Gasteiger charge is -2.25. The van der Waals surface area contributed by atoms with Gasteiger partial charge in [-0.05, 0) is 32.0 Å². The zero-order valence-corrected chi connectivity index (χ0v) is 11.3. The van der Waals surface area contributed by atoms with Crippen molar-refractivity contribution in [3.05, 3.63) is 24.0 Å². The van der Waals surface area contributed by atoms with E-state index in [1.165, 1.54) is 27.0 Å². The van der Waals surface area contributed by atoms with Crippen molar-refractivity contribution in [3.63, 3.8) is 0 Å². The maximum atomic E-state index is 13.1. The standard InChI is InChI=1S/C11H17FN2O3S/c1-11(2,15)7-14(3)18(16,17)10-5-8(12)4-9(13)6-10/h4-6,15H,7,13H2,1-3H3. The lowest BCUT2D eigenvalue weighted by atomic mass is 10.1. The molecule has 0 unspecified atom stereocenters. The number of likely N-dealkylation sites (N-methyl/N-ethyl adjacent to an activating group) is 1. The average Bonchev–Trinajstić information content (AvgIpc) is 2.13. The van der Waals surface area contributed by atoms with Crippen LogP contribution in [-0.2, 0) is 10.0 Å². The Morgan fingerprint density at radius 1 is 1.39 bits per heavy atom. The van der Waals surface area contributed by atoms with E-state index in [9.17, 15) is 17.9 Å². The first-order valence-electron chi connectivity index (χ1n) is 5.27. The zero-order valence-electron chi connectivity index (χ0n) is 10.5. The van der Waals surface area contributed by atoms with E-state index in [1.807, 2.05) is 0 Å². The number of benzene rings is 1. The Bertz CT molecular complexity index is 517. The highest BCUT2D eigenvalue weighted by Crippen LogP contribution is 2.20. The van der Waals surface area contributed by atoms with Crippen LogP contribution in [0.1, 0.15) is 13.8 Å². The van der Waals surface area contributed by atoms with Crippen molar-refractivity contribution in [3.8, 4) is 0 Å². The molecule has 5 nitrogen and oxygen atoms in total. The summed E-state index contributed by atoms with van der Waals surface area (Å²) in [4.78, 5) is -0.230. The first kappa shape index (κ1) is 14.9. The van der Waals surface area contributed by atoms with Crippen LogP contribution in [0.15, 0.2) is 23.1 Å². The summed E-state index contributed by atoms with van der Waals surface area (Å²) >= 11 is 0. The quantitative estimate of drug-likeness (QED) is 0.797. The fraction of sp³-hybridized carbons (Fsp3) is 0.455. The summed E-state index contributed by atoms with van der Waals surface area (Å²) in [5.41, 5.74) is 4.26. The summed E-state index contributed by atoms with van der Waals surface area (Å²) in [5.74, 6) is -0.717. The van der Waals surface area contributed by atoms with Crippen LogP contribution in [0, 0.1) is 5.82 Å². The van der Waals surface area contributed by atoms with Gasteiger partial charge in [0.1, 0.15) is 5.82 Å². The minimum Gasteiger partial charge on any atom is -0.399 e. The van der Waals surface area contributed by atoms with Crippen LogP contribution in [-0.4, -0.2) is 37.0 Å². The highest BCUT2D eigenvalue weighted by Gasteiger charge is 2.26. The van der Waals surface area contributed by atoms with Crippen molar-refractivity contribution in [2.24, 2.45) is 0 Å². The number of nitrogen functional groups attached to an aromatic ring is 1. The molecule has 0 aliphatic carbocycles. The molecule has 0 bridgehead atoms. The van der Waals surface area contributed by atoms with Crippen molar-refractivity contribution in [1.82, 2.24) is 4.31 Å². The molecule has 1 aromatic rings. The molecule has 0 radical (unpaired) electrons. The molecule has 0 atom stereocenters. The summed E-state index contributed by atoms with van der Waals surface area (Å²) in [6.45, 7) is 2.86. The van der Waals surface area contributed by atoms with Gasteiger partial charge in [0.05, 0.1) is 10.5 Å². The second kappa shape index (κ2) is 4.83. The minimum atomic E-state index is -3.86. The molecule has 0 aliphatic heterocycles. The molecule has 102 valence electrons. The molecule has 3 N–H and O–H groups in total. The number of nitrogens with two attached hydrogens (primary N) is 1. The molecule has 1 aromatic carbocycles. The van der Waals surface area contributed by atoms with E-state index in [4.69, 9.17) is 5.73 Å². The van der Waals surface area contributed by atoms with E-state index in [0.717, 1.165) is 16.4 Å². The maximum absolute atomic E-state index is 13.1. The normalized spacial score (nSPS) is 13.0. The van der Waals surface area contributed by atoms with Crippen molar-refractivity contribution in [2.45, 2.75) is 24.3 Å². The van der Waals surface area contributed by atoms with Crippen LogP contribution >= 0.6 is 0 Å². The Morgan fingerprint density at radius 2 is 1.94 bits per heavy atom. The van der Waals surface area contributed by atoms with Crippen LogP contribution in [0.4, 0.5) is 10.1 Å². The predicted molar refractivity (Wildman–Crippen MR) is 66.9 cm³/mol. The van der Waals surface area contributed by atoms with E-state index < -0.39 is 21.4 Å². The van der Waals surface area contributed by atoms with Gasteiger partial charge in [0.15, 0.2) is 0 Å². The lowest BCUT2D eigenvalue weighted by Crippen LogP contribution is -2.39. The third-order valence-corrected chi connectivity index (χ3v) is 3.99. The smallest absolute Gasteiger partial charge is 0.243 e. The fourth-order valence-electron chi connectivity index (χ4n) is 1.54. The number of hydrogen-bond donors (Lipinski definition) is 2. The number of aliphatic hydroxyl groups is 1. The maximum Gasteiger partial charge on any atom is 0.243 e. The summed E-state index contributed by atoms with van der Waals surface area (Å²) in [6.07, 6.45) is 0. The summed E-state index contributed by atoms with van der Waals surface area (Å²) in [6, 6.07) is 3.11. The number of hydrogen-bond acceptors (Lipinski definition) is 4. The van der Waals surface area contributed by atoms with Crippen LogP contribution < -0.4 is 5.73 Å². The second-order valence-corrected chi connectivity index (χ2v) is 6.84. The molecule has 0 saturated carbocycles. The van der Waals surface area contributed by atoms with Gasteiger partial charge in [-0.15, -0.1) is 0 Å². The number of sulfonamides is 1. The topological polar surface area (TPSA) is 83.6 Å². The van der Waals surface area contributed by atoms with Gasteiger partial charge < -0.3 is 10.8 Å². The molecule has 0 fully saturated rings. The highest BCUT2D eigenvalue weighted by atomic mass is 32.2. The van der Waals surface area contributed by atoms with Crippen molar-refractivity contribution in [2.75, 3.05) is 19.3 Å². The predicted octanol–water partition coefficient (Wildman–Crippen LogP) is 0.799. The Morgan fingerprint density at radius 3 is 2.39 bits per heavy atom. The first-order chi connectivity index (χ1) is 8.02. The van der Waals surface area contributed by atoms with E-state index >= 15 is 0 Å². The van der Waals surface area contributed by atoms with Crippen molar-refractivity contribution in [1.29, 1.82) is 0 Å². The molecule has 0 amide bonds. The number of nitrogens with zero attached hydrogens (tertiary/aromatic N) is 1. The minimum absolute atomic E-state index is 0.0326. The van der Waals surface area contributed by atoms with Gasteiger partial charge in [0.25, 0.3) is 0 Å². The Hall–Kier alpha value is -1.18. The largest absolute Gasteiger partial charge is 0.399 e. The van der Waals surface area contributed by atoms with Gasteiger partial charge in [-0.3, -0.25) is 0 Å². The third kappa shape index (κ3) is 3.66. The van der Waals surface area contributed by atoms with Crippen LogP contribution in [0.2, 0.25) is 0 Å². The first-order valence-corrected chi connectivity index (χ1v) is 6.71. The number of anilines is 1. The van der Waals surface area contributed by atoms with Crippen molar-refractivity contribution >= 4 is 15.7 Å². The molecular formula is C11H17FN2O3S. The van der Waals surface area contributed by atoms with Gasteiger partial charge in [-0.1, -0.05) is 0 Å². The van der Waals surface area contributed by atoms with Gasteiger partial charge in [0, 0.05) is 19.3 Å². The van der Waals surface area contributed by atoms with E-state index in [0.29, 0.717) is 0 Å². The lowest BCUT2D eigenvalue weighted by molar-refractivity contribution is 0.0640.